The number of carbonyl (C=O) groups excluding carboxylic acids is 1. The molecule has 1 saturated carbocycles. The van der Waals surface area contributed by atoms with Crippen molar-refractivity contribution >= 4 is 21.6 Å². The fraction of sp³-hybridized carbons (Fsp3) is 0.353. The molecule has 1 fully saturated rings. The summed E-state index contributed by atoms with van der Waals surface area (Å²) in [5.41, 5.74) is -1.26. The van der Waals surface area contributed by atoms with Crippen LogP contribution in [0.4, 0.5) is 14.5 Å². The van der Waals surface area contributed by atoms with Gasteiger partial charge in [-0.25, -0.2) is 21.9 Å². The van der Waals surface area contributed by atoms with Gasteiger partial charge in [-0.05, 0) is 25.0 Å². The molecule has 1 atom stereocenters. The number of sulfonamides is 1. The molecule has 8 nitrogen and oxygen atoms in total. The number of hydrogen-bond acceptors (Lipinski definition) is 5. The highest BCUT2D eigenvalue weighted by atomic mass is 32.2. The lowest BCUT2D eigenvalue weighted by atomic mass is 10.1. The topological polar surface area (TPSA) is 110 Å². The van der Waals surface area contributed by atoms with Crippen LogP contribution in [-0.2, 0) is 17.1 Å². The smallest absolute Gasteiger partial charge is 0.276 e. The quantitative estimate of drug-likeness (QED) is 0.699. The van der Waals surface area contributed by atoms with Crippen LogP contribution in [0.1, 0.15) is 23.3 Å². The molecule has 0 bridgehead atoms. The summed E-state index contributed by atoms with van der Waals surface area (Å²) >= 11 is 0. The zero-order chi connectivity index (χ0) is 20.3. The summed E-state index contributed by atoms with van der Waals surface area (Å²) in [7, 11) is -2.58. The minimum atomic E-state index is -4.04. The number of halogens is 2. The number of rotatable bonds is 3. The number of aliphatic hydroxyl groups is 1. The third-order valence-corrected chi connectivity index (χ3v) is 6.35. The summed E-state index contributed by atoms with van der Waals surface area (Å²) in [6, 6.07) is 2.02. The molecule has 1 aliphatic carbocycles. The average Bonchev–Trinajstić information content (AvgIpc) is 3.29. The predicted molar refractivity (Wildman–Crippen MR) is 93.5 cm³/mol. The number of anilines is 1. The minimum absolute atomic E-state index is 0.00128. The molecule has 1 aromatic heterocycles. The molecule has 0 unspecified atom stereocenters. The molecular weight excluding hydrogens is 396 g/mol. The molecule has 28 heavy (non-hydrogen) atoms. The van der Waals surface area contributed by atoms with E-state index in [1.165, 1.54) is 23.9 Å². The monoisotopic (exact) mass is 413 g/mol. The Morgan fingerprint density at radius 2 is 2.07 bits per heavy atom. The zero-order valence-corrected chi connectivity index (χ0v) is 15.5. The Bertz CT molecular complexity index is 1080. The first-order valence-corrected chi connectivity index (χ1v) is 9.92. The maximum Gasteiger partial charge on any atom is 0.276 e. The van der Waals surface area contributed by atoms with Crippen LogP contribution in [0.2, 0.25) is 0 Å². The fourth-order valence-electron chi connectivity index (χ4n) is 3.13. The van der Waals surface area contributed by atoms with E-state index in [2.05, 4.69) is 10.0 Å². The first kappa shape index (κ1) is 18.8. The summed E-state index contributed by atoms with van der Waals surface area (Å²) in [6.07, 6.45) is 2.12. The van der Waals surface area contributed by atoms with Crippen LogP contribution in [0.3, 0.4) is 0 Å². The molecular formula is C17H17F2N3O5S. The number of aryl methyl sites for hydroxylation is 1. The van der Waals surface area contributed by atoms with E-state index in [4.69, 9.17) is 4.74 Å². The molecule has 1 aromatic carbocycles. The van der Waals surface area contributed by atoms with Crippen LogP contribution in [0.5, 0.6) is 5.75 Å². The molecule has 0 spiro atoms. The van der Waals surface area contributed by atoms with Gasteiger partial charge in [0, 0.05) is 25.0 Å². The standard InChI is InChI=1S/C17H17F2N3O5S/c1-22-7-12-15(27-8-13(17(24)4-5-17)21-28(12,25)26)14(22)16(23)20-9-2-3-10(18)11(19)6-9/h2-3,6-7,13,21,24H,4-5,8H2,1H3,(H,20,23)/t13-/m0/s1. The van der Waals surface area contributed by atoms with Crippen LogP contribution in [-0.4, -0.2) is 42.2 Å². The molecule has 4 rings (SSSR count). The van der Waals surface area contributed by atoms with Gasteiger partial charge in [-0.1, -0.05) is 0 Å². The van der Waals surface area contributed by atoms with E-state index < -0.39 is 39.2 Å². The van der Waals surface area contributed by atoms with Crippen molar-refractivity contribution in [1.82, 2.24) is 9.29 Å². The number of benzene rings is 1. The summed E-state index contributed by atoms with van der Waals surface area (Å²) in [5, 5.41) is 12.6. The molecule has 2 aliphatic rings. The van der Waals surface area contributed by atoms with Crippen molar-refractivity contribution in [3.05, 3.63) is 41.7 Å². The number of carbonyl (C=O) groups is 1. The predicted octanol–water partition coefficient (Wildman–Crippen LogP) is 1.12. The highest BCUT2D eigenvalue weighted by molar-refractivity contribution is 7.89. The van der Waals surface area contributed by atoms with Crippen molar-refractivity contribution in [2.24, 2.45) is 7.05 Å². The normalized spacial score (nSPS) is 21.9. The van der Waals surface area contributed by atoms with Gasteiger partial charge in [0.25, 0.3) is 5.91 Å². The van der Waals surface area contributed by atoms with Crippen molar-refractivity contribution in [2.45, 2.75) is 29.4 Å². The van der Waals surface area contributed by atoms with E-state index in [9.17, 15) is 27.1 Å². The average molecular weight is 413 g/mol. The van der Waals surface area contributed by atoms with Crippen molar-refractivity contribution in [2.75, 3.05) is 11.9 Å². The van der Waals surface area contributed by atoms with Crippen molar-refractivity contribution in [3.8, 4) is 5.75 Å². The summed E-state index contributed by atoms with van der Waals surface area (Å²) in [5.74, 6) is -3.11. The molecule has 0 radical (unpaired) electrons. The summed E-state index contributed by atoms with van der Waals surface area (Å²) in [4.78, 5) is 12.4. The number of ether oxygens (including phenoxy) is 1. The first-order chi connectivity index (χ1) is 13.1. The SMILES string of the molecule is Cn1cc2c(c1C(=O)Nc1ccc(F)c(F)c1)OC[C@@H](C1(O)CC1)NS2(=O)=O. The summed E-state index contributed by atoms with van der Waals surface area (Å²) < 4.78 is 61.1. The molecule has 0 saturated heterocycles. The molecule has 3 N–H and O–H groups in total. The van der Waals surface area contributed by atoms with Crippen LogP contribution in [0.25, 0.3) is 0 Å². The molecule has 1 aliphatic heterocycles. The Hall–Kier alpha value is -2.50. The van der Waals surface area contributed by atoms with E-state index in [-0.39, 0.29) is 28.6 Å². The van der Waals surface area contributed by atoms with E-state index >= 15 is 0 Å². The third-order valence-electron chi connectivity index (χ3n) is 4.89. The van der Waals surface area contributed by atoms with Gasteiger partial charge in [0.15, 0.2) is 23.1 Å². The van der Waals surface area contributed by atoms with E-state index in [1.54, 1.807) is 0 Å². The lowest BCUT2D eigenvalue weighted by molar-refractivity contribution is 0.0864. The second-order valence-corrected chi connectivity index (χ2v) is 8.64. The Labute approximate surface area is 159 Å². The number of nitrogens with zero attached hydrogens (tertiary/aromatic N) is 1. The minimum Gasteiger partial charge on any atom is -0.488 e. The maximum absolute atomic E-state index is 13.4. The van der Waals surface area contributed by atoms with Gasteiger partial charge in [0.2, 0.25) is 10.0 Å². The third kappa shape index (κ3) is 3.15. The van der Waals surface area contributed by atoms with Crippen LogP contribution >= 0.6 is 0 Å². The first-order valence-electron chi connectivity index (χ1n) is 8.44. The van der Waals surface area contributed by atoms with Gasteiger partial charge in [-0.15, -0.1) is 0 Å². The molecule has 150 valence electrons. The molecule has 11 heteroatoms. The van der Waals surface area contributed by atoms with Gasteiger partial charge in [0.05, 0.1) is 11.6 Å². The largest absolute Gasteiger partial charge is 0.488 e. The van der Waals surface area contributed by atoms with E-state index in [0.29, 0.717) is 12.8 Å². The molecule has 1 amide bonds. The second-order valence-electron chi connectivity index (χ2n) is 6.95. The Balaban J connectivity index is 1.67. The van der Waals surface area contributed by atoms with Gasteiger partial charge < -0.3 is 19.7 Å². The Morgan fingerprint density at radius 1 is 1.36 bits per heavy atom. The Kier molecular flexibility index (Phi) is 4.21. The Morgan fingerprint density at radius 3 is 2.71 bits per heavy atom. The van der Waals surface area contributed by atoms with Gasteiger partial charge in [-0.3, -0.25) is 4.79 Å². The zero-order valence-electron chi connectivity index (χ0n) is 14.7. The van der Waals surface area contributed by atoms with Crippen molar-refractivity contribution in [1.29, 1.82) is 0 Å². The molecule has 2 aromatic rings. The van der Waals surface area contributed by atoms with Crippen LogP contribution in [0.15, 0.2) is 29.3 Å². The second kappa shape index (κ2) is 6.26. The van der Waals surface area contributed by atoms with Gasteiger partial charge in [-0.2, -0.15) is 0 Å². The van der Waals surface area contributed by atoms with Gasteiger partial charge >= 0.3 is 0 Å². The number of amides is 1. The number of hydrogen-bond donors (Lipinski definition) is 3. The fourth-order valence-corrected chi connectivity index (χ4v) is 4.61. The lowest BCUT2D eigenvalue weighted by Crippen LogP contribution is -2.47. The molecule has 2 heterocycles. The van der Waals surface area contributed by atoms with Gasteiger partial charge in [0.1, 0.15) is 11.5 Å². The lowest BCUT2D eigenvalue weighted by Gasteiger charge is -2.20. The van der Waals surface area contributed by atoms with Crippen molar-refractivity contribution in [3.63, 3.8) is 0 Å². The van der Waals surface area contributed by atoms with Crippen LogP contribution in [0, 0.1) is 11.6 Å². The van der Waals surface area contributed by atoms with E-state index in [0.717, 1.165) is 12.1 Å². The number of nitrogens with one attached hydrogen (secondary N) is 2. The van der Waals surface area contributed by atoms with Crippen LogP contribution < -0.4 is 14.8 Å². The van der Waals surface area contributed by atoms with Crippen molar-refractivity contribution < 1.29 is 31.8 Å². The highest BCUT2D eigenvalue weighted by Gasteiger charge is 2.51. The maximum atomic E-state index is 13.4. The summed E-state index contributed by atoms with van der Waals surface area (Å²) in [6.45, 7) is -0.155. The highest BCUT2D eigenvalue weighted by Crippen LogP contribution is 2.41. The number of aromatic nitrogens is 1. The van der Waals surface area contributed by atoms with E-state index in [1.807, 2.05) is 0 Å². The number of fused-ring (bicyclic) bond motifs is 1.